The summed E-state index contributed by atoms with van der Waals surface area (Å²) in [5.41, 5.74) is 2.80. The first-order chi connectivity index (χ1) is 15.4. The molecule has 3 aromatic carbocycles. The van der Waals surface area contributed by atoms with Crippen molar-refractivity contribution in [1.82, 2.24) is 5.43 Å². The van der Waals surface area contributed by atoms with Crippen LogP contribution in [0.15, 0.2) is 77.9 Å². The molecule has 0 saturated heterocycles. The van der Waals surface area contributed by atoms with Crippen molar-refractivity contribution < 1.29 is 19.4 Å². The molecule has 0 aromatic heterocycles. The van der Waals surface area contributed by atoms with Gasteiger partial charge in [-0.1, -0.05) is 30.3 Å². The first-order valence-corrected chi connectivity index (χ1v) is 9.24. The van der Waals surface area contributed by atoms with Gasteiger partial charge in [-0.3, -0.25) is 25.0 Å². The Hall–Kier alpha value is -4.80. The zero-order valence-corrected chi connectivity index (χ0v) is 16.5. The fourth-order valence-electron chi connectivity index (χ4n) is 2.59. The number of carbonyl (C=O) groups is 1. The Morgan fingerprint density at radius 1 is 0.969 bits per heavy atom. The number of nitrogens with one attached hydrogen (secondary N) is 2. The summed E-state index contributed by atoms with van der Waals surface area (Å²) < 4.78 is 5.54. The number of rotatable bonds is 9. The van der Waals surface area contributed by atoms with Gasteiger partial charge in [0.1, 0.15) is 5.75 Å². The maximum absolute atomic E-state index is 11.9. The number of hydrogen-bond donors (Lipinski definition) is 2. The van der Waals surface area contributed by atoms with E-state index in [0.717, 1.165) is 23.9 Å². The third kappa shape index (κ3) is 6.10. The van der Waals surface area contributed by atoms with Crippen LogP contribution in [0.4, 0.5) is 17.1 Å². The molecule has 0 spiro atoms. The summed E-state index contributed by atoms with van der Waals surface area (Å²) in [6.07, 6.45) is 1.39. The van der Waals surface area contributed by atoms with Gasteiger partial charge in [0.15, 0.2) is 0 Å². The summed E-state index contributed by atoms with van der Waals surface area (Å²) in [5, 5.41) is 28.9. The van der Waals surface area contributed by atoms with Crippen LogP contribution in [0.25, 0.3) is 0 Å². The minimum atomic E-state index is -0.757. The number of non-ortho nitro benzene ring substituents is 1. The van der Waals surface area contributed by atoms with Crippen LogP contribution in [-0.2, 0) is 4.79 Å². The number of benzene rings is 3. The monoisotopic (exact) mass is 435 g/mol. The molecule has 0 radical (unpaired) electrons. The lowest BCUT2D eigenvalue weighted by atomic mass is 10.2. The van der Waals surface area contributed by atoms with E-state index in [0.29, 0.717) is 5.56 Å². The Morgan fingerprint density at radius 2 is 1.75 bits per heavy atom. The van der Waals surface area contributed by atoms with E-state index in [4.69, 9.17) is 4.74 Å². The number of carbonyl (C=O) groups excluding carboxylic acids is 1. The second-order valence-electron chi connectivity index (χ2n) is 6.35. The second kappa shape index (κ2) is 10.3. The van der Waals surface area contributed by atoms with E-state index in [2.05, 4.69) is 15.8 Å². The molecule has 0 fully saturated rings. The molecule has 0 atom stereocenters. The predicted octanol–water partition coefficient (Wildman–Crippen LogP) is 3.86. The largest absolute Gasteiger partial charge is 0.450 e. The van der Waals surface area contributed by atoms with Crippen LogP contribution in [0.5, 0.6) is 11.5 Å². The van der Waals surface area contributed by atoms with Crippen LogP contribution in [0, 0.1) is 20.2 Å². The number of ether oxygens (including phenoxy) is 1. The topological polar surface area (TPSA) is 149 Å². The Labute approximate surface area is 181 Å². The molecule has 3 rings (SSSR count). The van der Waals surface area contributed by atoms with Crippen molar-refractivity contribution in [3.63, 3.8) is 0 Å². The lowest BCUT2D eigenvalue weighted by Gasteiger charge is -2.07. The highest BCUT2D eigenvalue weighted by Gasteiger charge is 2.21. The Morgan fingerprint density at radius 3 is 2.47 bits per heavy atom. The van der Waals surface area contributed by atoms with Crippen LogP contribution in [0.3, 0.4) is 0 Å². The molecule has 2 N–H and O–H groups in total. The van der Waals surface area contributed by atoms with Gasteiger partial charge < -0.3 is 10.1 Å². The summed E-state index contributed by atoms with van der Waals surface area (Å²) in [4.78, 5) is 32.5. The fourth-order valence-corrected chi connectivity index (χ4v) is 2.59. The molecule has 3 aromatic rings. The molecule has 0 aliphatic heterocycles. The van der Waals surface area contributed by atoms with Crippen LogP contribution < -0.4 is 15.5 Å². The number of para-hydroxylation sites is 1. The number of hydrazone groups is 1. The molecule has 0 aliphatic carbocycles. The molecule has 0 bridgehead atoms. The van der Waals surface area contributed by atoms with Gasteiger partial charge in [-0.15, -0.1) is 0 Å². The highest BCUT2D eigenvalue weighted by Crippen LogP contribution is 2.34. The van der Waals surface area contributed by atoms with E-state index >= 15 is 0 Å². The fraction of sp³-hybridized carbons (Fsp3) is 0.0476. The zero-order valence-electron chi connectivity index (χ0n) is 16.5. The molecule has 1 amide bonds. The summed E-state index contributed by atoms with van der Waals surface area (Å²) in [6.45, 7) is 0.0360. The van der Waals surface area contributed by atoms with Crippen molar-refractivity contribution in [2.45, 2.75) is 0 Å². The van der Waals surface area contributed by atoms with Gasteiger partial charge in [0, 0.05) is 11.8 Å². The van der Waals surface area contributed by atoms with Gasteiger partial charge in [0.2, 0.25) is 5.75 Å². The molecule has 32 heavy (non-hydrogen) atoms. The van der Waals surface area contributed by atoms with E-state index in [1.807, 2.05) is 30.3 Å². The van der Waals surface area contributed by atoms with Crippen molar-refractivity contribution in [1.29, 1.82) is 0 Å². The predicted molar refractivity (Wildman–Crippen MR) is 117 cm³/mol. The molecule has 0 aliphatic rings. The SMILES string of the molecule is O=C(CNc1ccccc1)N/N=C/c1cccc(Oc2ccc([N+](=O)[O-])cc2[N+](=O)[O-])c1. The number of amides is 1. The van der Waals surface area contributed by atoms with Crippen LogP contribution in [0.2, 0.25) is 0 Å². The second-order valence-corrected chi connectivity index (χ2v) is 6.35. The lowest BCUT2D eigenvalue weighted by molar-refractivity contribution is -0.394. The summed E-state index contributed by atoms with van der Waals surface area (Å²) in [6, 6.07) is 18.8. The summed E-state index contributed by atoms with van der Waals surface area (Å²) >= 11 is 0. The number of anilines is 1. The van der Waals surface area contributed by atoms with Gasteiger partial charge in [-0.25, -0.2) is 5.43 Å². The van der Waals surface area contributed by atoms with Crippen molar-refractivity contribution >= 4 is 29.2 Å². The molecular formula is C21H17N5O6. The Bertz CT molecular complexity index is 1170. The van der Waals surface area contributed by atoms with E-state index in [1.165, 1.54) is 6.21 Å². The molecule has 11 nitrogen and oxygen atoms in total. The van der Waals surface area contributed by atoms with E-state index in [-0.39, 0.29) is 24.0 Å². The van der Waals surface area contributed by atoms with Gasteiger partial charge in [-0.05, 0) is 35.9 Å². The number of hydrogen-bond acceptors (Lipinski definition) is 8. The third-order valence-corrected chi connectivity index (χ3v) is 4.07. The smallest absolute Gasteiger partial charge is 0.318 e. The van der Waals surface area contributed by atoms with Crippen molar-refractivity contribution in [2.24, 2.45) is 5.10 Å². The minimum absolute atomic E-state index is 0.0360. The van der Waals surface area contributed by atoms with Crippen LogP contribution >= 0.6 is 0 Å². The number of nitrogens with zero attached hydrogens (tertiary/aromatic N) is 3. The Kier molecular flexibility index (Phi) is 7.05. The standard InChI is InChI=1S/C21H17N5O6/c27-21(14-22-16-6-2-1-3-7-16)24-23-13-15-5-4-8-18(11-15)32-20-10-9-17(25(28)29)12-19(20)26(30)31/h1-13,22H,14H2,(H,24,27)/b23-13+. The molecule has 11 heteroatoms. The first-order valence-electron chi connectivity index (χ1n) is 9.24. The third-order valence-electron chi connectivity index (χ3n) is 4.07. The molecule has 0 unspecified atom stereocenters. The lowest BCUT2D eigenvalue weighted by Crippen LogP contribution is -2.25. The highest BCUT2D eigenvalue weighted by molar-refractivity contribution is 5.84. The number of nitro groups is 2. The van der Waals surface area contributed by atoms with Gasteiger partial charge in [0.05, 0.1) is 28.7 Å². The highest BCUT2D eigenvalue weighted by atomic mass is 16.6. The molecule has 0 saturated carbocycles. The average molecular weight is 435 g/mol. The first kappa shape index (κ1) is 21.9. The maximum Gasteiger partial charge on any atom is 0.318 e. The van der Waals surface area contributed by atoms with Gasteiger partial charge >= 0.3 is 5.69 Å². The van der Waals surface area contributed by atoms with Crippen LogP contribution in [-0.4, -0.2) is 28.5 Å². The van der Waals surface area contributed by atoms with Crippen molar-refractivity contribution in [3.05, 3.63) is 98.6 Å². The number of nitro benzene ring substituents is 2. The molecule has 0 heterocycles. The molecular weight excluding hydrogens is 418 g/mol. The van der Waals surface area contributed by atoms with Gasteiger partial charge in [-0.2, -0.15) is 5.10 Å². The minimum Gasteiger partial charge on any atom is -0.450 e. The quantitative estimate of drug-likeness (QED) is 0.294. The van der Waals surface area contributed by atoms with Crippen molar-refractivity contribution in [2.75, 3.05) is 11.9 Å². The summed E-state index contributed by atoms with van der Waals surface area (Å²) in [7, 11) is 0. The van der Waals surface area contributed by atoms with E-state index in [1.54, 1.807) is 24.3 Å². The normalized spacial score (nSPS) is 10.5. The zero-order chi connectivity index (χ0) is 22.9. The van der Waals surface area contributed by atoms with E-state index in [9.17, 15) is 25.0 Å². The maximum atomic E-state index is 11.9. The Balaban J connectivity index is 1.62. The van der Waals surface area contributed by atoms with Gasteiger partial charge in [0.25, 0.3) is 11.6 Å². The van der Waals surface area contributed by atoms with Crippen LogP contribution in [0.1, 0.15) is 5.56 Å². The van der Waals surface area contributed by atoms with E-state index < -0.39 is 21.2 Å². The summed E-state index contributed by atoms with van der Waals surface area (Å²) in [5.74, 6) is -0.239. The average Bonchev–Trinajstić information content (AvgIpc) is 2.78. The van der Waals surface area contributed by atoms with Crippen molar-refractivity contribution in [3.8, 4) is 11.5 Å². The molecule has 162 valence electrons.